The Morgan fingerprint density at radius 2 is 1.59 bits per heavy atom. The first-order valence-electron chi connectivity index (χ1n) is 10.9. The van der Waals surface area contributed by atoms with Crippen molar-refractivity contribution in [3.8, 4) is 22.9 Å². The van der Waals surface area contributed by atoms with Crippen LogP contribution in [-0.4, -0.2) is 26.5 Å². The van der Waals surface area contributed by atoms with Gasteiger partial charge in [-0.25, -0.2) is 4.68 Å². The van der Waals surface area contributed by atoms with Crippen molar-refractivity contribution < 1.29 is 9.53 Å². The lowest BCUT2D eigenvalue weighted by molar-refractivity contribution is -0.113. The van der Waals surface area contributed by atoms with E-state index in [1.807, 2.05) is 54.6 Å². The van der Waals surface area contributed by atoms with Crippen LogP contribution in [0.4, 0.5) is 5.69 Å². The summed E-state index contributed by atoms with van der Waals surface area (Å²) in [6.45, 7) is 6.50. The average molecular weight is 474 g/mol. The predicted molar refractivity (Wildman–Crippen MR) is 137 cm³/mol. The summed E-state index contributed by atoms with van der Waals surface area (Å²) in [4.78, 5) is 12.4. The lowest BCUT2D eigenvalue weighted by atomic mass is 9.87. The molecular formula is C26H27N5O2S. The first-order valence-corrected chi connectivity index (χ1v) is 11.9. The largest absolute Gasteiger partial charge is 0.457 e. The van der Waals surface area contributed by atoms with Gasteiger partial charge in [-0.2, -0.15) is 0 Å². The number of carbonyl (C=O) groups is 1. The lowest BCUT2D eigenvalue weighted by Crippen LogP contribution is -2.16. The number of amides is 1. The first-order chi connectivity index (χ1) is 16.3. The Kier molecular flexibility index (Phi) is 6.88. The fourth-order valence-electron chi connectivity index (χ4n) is 3.25. The minimum atomic E-state index is -0.166. The minimum absolute atomic E-state index is 0.0680. The van der Waals surface area contributed by atoms with E-state index in [0.29, 0.717) is 22.4 Å². The summed E-state index contributed by atoms with van der Waals surface area (Å²) in [5.41, 5.74) is 2.85. The number of carbonyl (C=O) groups excluding carboxylic acids is 1. The van der Waals surface area contributed by atoms with E-state index in [4.69, 9.17) is 10.6 Å². The lowest BCUT2D eigenvalue weighted by Gasteiger charge is -2.19. The van der Waals surface area contributed by atoms with Crippen molar-refractivity contribution in [1.29, 1.82) is 0 Å². The third kappa shape index (κ3) is 5.77. The smallest absolute Gasteiger partial charge is 0.234 e. The van der Waals surface area contributed by atoms with Crippen LogP contribution in [0.15, 0.2) is 84.0 Å². The van der Waals surface area contributed by atoms with Crippen molar-refractivity contribution >= 4 is 23.4 Å². The van der Waals surface area contributed by atoms with Gasteiger partial charge in [0.25, 0.3) is 0 Å². The highest BCUT2D eigenvalue weighted by molar-refractivity contribution is 7.99. The quantitative estimate of drug-likeness (QED) is 0.273. The number of ether oxygens (including phenoxy) is 1. The van der Waals surface area contributed by atoms with E-state index in [9.17, 15) is 4.79 Å². The molecule has 0 spiro atoms. The molecule has 0 aliphatic carbocycles. The molecule has 3 aromatic carbocycles. The molecule has 1 heterocycles. The van der Waals surface area contributed by atoms with Gasteiger partial charge in [0.2, 0.25) is 11.1 Å². The van der Waals surface area contributed by atoms with Crippen molar-refractivity contribution in [2.24, 2.45) is 0 Å². The molecule has 8 heteroatoms. The van der Waals surface area contributed by atoms with Gasteiger partial charge in [-0.1, -0.05) is 75.0 Å². The topological polar surface area (TPSA) is 95.1 Å². The van der Waals surface area contributed by atoms with Crippen LogP contribution in [0, 0.1) is 0 Å². The van der Waals surface area contributed by atoms with Gasteiger partial charge in [-0.3, -0.25) is 4.79 Å². The van der Waals surface area contributed by atoms with Crippen LogP contribution in [0.25, 0.3) is 11.4 Å². The maximum Gasteiger partial charge on any atom is 0.234 e. The molecule has 0 bridgehead atoms. The van der Waals surface area contributed by atoms with Crippen LogP contribution in [0.2, 0.25) is 0 Å². The molecule has 0 unspecified atom stereocenters. The highest BCUT2D eigenvalue weighted by Crippen LogP contribution is 2.27. The second-order valence-electron chi connectivity index (χ2n) is 8.78. The monoisotopic (exact) mass is 473 g/mol. The molecule has 7 nitrogen and oxygen atoms in total. The van der Waals surface area contributed by atoms with Gasteiger partial charge in [0, 0.05) is 11.3 Å². The van der Waals surface area contributed by atoms with Crippen molar-refractivity contribution in [2.75, 3.05) is 16.9 Å². The molecule has 0 atom stereocenters. The van der Waals surface area contributed by atoms with E-state index >= 15 is 0 Å². The van der Waals surface area contributed by atoms with Crippen molar-refractivity contribution in [3.63, 3.8) is 0 Å². The second-order valence-corrected chi connectivity index (χ2v) is 9.72. The molecule has 0 radical (unpaired) electrons. The van der Waals surface area contributed by atoms with Crippen LogP contribution in [0.3, 0.4) is 0 Å². The number of hydrogen-bond acceptors (Lipinski definition) is 6. The van der Waals surface area contributed by atoms with Gasteiger partial charge in [0.15, 0.2) is 5.82 Å². The summed E-state index contributed by atoms with van der Waals surface area (Å²) in [6.07, 6.45) is 0. The van der Waals surface area contributed by atoms with Crippen LogP contribution in [0.5, 0.6) is 11.5 Å². The van der Waals surface area contributed by atoms with E-state index in [1.54, 1.807) is 12.1 Å². The zero-order chi connectivity index (χ0) is 24.1. The van der Waals surface area contributed by atoms with Crippen LogP contribution >= 0.6 is 11.8 Å². The van der Waals surface area contributed by atoms with Crippen LogP contribution in [0.1, 0.15) is 26.3 Å². The zero-order valence-corrected chi connectivity index (χ0v) is 20.2. The maximum atomic E-state index is 12.4. The number of hydrogen-bond donors (Lipinski definition) is 2. The maximum absolute atomic E-state index is 12.4. The van der Waals surface area contributed by atoms with E-state index in [0.717, 1.165) is 11.3 Å². The second kappa shape index (κ2) is 10.0. The number of thioether (sulfide) groups is 1. The van der Waals surface area contributed by atoms with Crippen molar-refractivity contribution in [1.82, 2.24) is 14.9 Å². The molecule has 1 aromatic heterocycles. The van der Waals surface area contributed by atoms with Crippen LogP contribution in [-0.2, 0) is 10.2 Å². The number of para-hydroxylation sites is 1. The molecule has 0 fully saturated rings. The molecule has 174 valence electrons. The first kappa shape index (κ1) is 23.4. The Hall–Kier alpha value is -3.78. The van der Waals surface area contributed by atoms with E-state index in [1.165, 1.54) is 22.0 Å². The normalized spacial score (nSPS) is 11.3. The van der Waals surface area contributed by atoms with Crippen molar-refractivity contribution in [2.45, 2.75) is 31.3 Å². The number of nitrogens with one attached hydrogen (secondary N) is 1. The van der Waals surface area contributed by atoms with E-state index in [-0.39, 0.29) is 17.1 Å². The van der Waals surface area contributed by atoms with Gasteiger partial charge >= 0.3 is 0 Å². The summed E-state index contributed by atoms with van der Waals surface area (Å²) in [6, 6.07) is 24.9. The van der Waals surface area contributed by atoms with Crippen LogP contribution < -0.4 is 15.9 Å². The zero-order valence-electron chi connectivity index (χ0n) is 19.4. The van der Waals surface area contributed by atoms with Gasteiger partial charge in [0.05, 0.1) is 5.75 Å². The number of nitrogens with zero attached hydrogens (tertiary/aromatic N) is 3. The number of benzene rings is 3. The van der Waals surface area contributed by atoms with E-state index < -0.39 is 0 Å². The highest BCUT2D eigenvalue weighted by atomic mass is 32.2. The Balaban J connectivity index is 1.32. The third-order valence-corrected chi connectivity index (χ3v) is 6.07. The molecule has 0 aliphatic rings. The Morgan fingerprint density at radius 1 is 0.941 bits per heavy atom. The summed E-state index contributed by atoms with van der Waals surface area (Å²) >= 11 is 1.23. The average Bonchev–Trinajstić information content (AvgIpc) is 3.19. The third-order valence-electron chi connectivity index (χ3n) is 5.12. The molecule has 0 aliphatic heterocycles. The molecule has 4 rings (SSSR count). The van der Waals surface area contributed by atoms with Gasteiger partial charge in [0.1, 0.15) is 11.5 Å². The molecule has 4 aromatic rings. The molecule has 34 heavy (non-hydrogen) atoms. The van der Waals surface area contributed by atoms with Crippen molar-refractivity contribution in [3.05, 3.63) is 84.4 Å². The van der Waals surface area contributed by atoms with E-state index in [2.05, 4.69) is 48.4 Å². The van der Waals surface area contributed by atoms with Gasteiger partial charge in [-0.15, -0.1) is 10.2 Å². The number of anilines is 1. The number of nitrogen functional groups attached to an aromatic ring is 1. The minimum Gasteiger partial charge on any atom is -0.457 e. The highest BCUT2D eigenvalue weighted by Gasteiger charge is 2.16. The van der Waals surface area contributed by atoms with Gasteiger partial charge < -0.3 is 15.9 Å². The summed E-state index contributed by atoms with van der Waals surface area (Å²) < 4.78 is 7.19. The Morgan fingerprint density at radius 3 is 2.24 bits per heavy atom. The Labute approximate surface area is 203 Å². The molecule has 3 N–H and O–H groups in total. The predicted octanol–water partition coefficient (Wildman–Crippen LogP) is 5.48. The fourth-order valence-corrected chi connectivity index (χ4v) is 3.91. The number of aromatic nitrogens is 3. The fraction of sp³-hybridized carbons (Fsp3) is 0.192. The van der Waals surface area contributed by atoms with Gasteiger partial charge in [-0.05, 0) is 47.4 Å². The molecular weight excluding hydrogens is 446 g/mol. The molecule has 1 amide bonds. The summed E-state index contributed by atoms with van der Waals surface area (Å²) in [5.74, 6) is 8.19. The molecule has 0 saturated heterocycles. The Bertz CT molecular complexity index is 1250. The number of nitrogens with two attached hydrogens (primary N) is 1. The number of rotatable bonds is 7. The SMILES string of the molecule is CC(C)(C)c1ccc(-c2nnc(SCC(=O)Nc3ccc(Oc4ccccc4)cc3)n2N)cc1. The standard InChI is InChI=1S/C26H27N5O2S/c1-26(2,3)19-11-9-18(10-12-19)24-29-30-25(31(24)27)34-17-23(32)28-20-13-15-22(16-14-20)33-21-7-5-4-6-8-21/h4-16H,17,27H2,1-3H3,(H,28,32). The molecule has 0 saturated carbocycles. The summed E-state index contributed by atoms with van der Waals surface area (Å²) in [7, 11) is 0. The summed E-state index contributed by atoms with van der Waals surface area (Å²) in [5, 5.41) is 11.7.